The van der Waals surface area contributed by atoms with Crippen molar-refractivity contribution in [3.05, 3.63) is 0 Å². The standard InChI is InChI=1S/C18H26INO2/c1-17-8-7-12-10(11(17)4-6-15(17)21)3-5-14-18(12,2)9-13(19)16(22)20-14/h10-14H,3-9H2,1-2H3,(H,20,22)/t10-,11-,12+,13?,14?,17-,18+/m0/s1. The Morgan fingerprint density at radius 3 is 2.64 bits per heavy atom. The minimum Gasteiger partial charge on any atom is -0.352 e. The zero-order chi connectivity index (χ0) is 15.7. The number of hydrogen-bond acceptors (Lipinski definition) is 2. The van der Waals surface area contributed by atoms with Gasteiger partial charge in [0.05, 0.1) is 3.92 Å². The molecule has 7 atom stereocenters. The molecule has 0 spiro atoms. The number of amides is 1. The van der Waals surface area contributed by atoms with E-state index in [-0.39, 0.29) is 20.7 Å². The van der Waals surface area contributed by atoms with Gasteiger partial charge in [-0.05, 0) is 61.7 Å². The molecular weight excluding hydrogens is 389 g/mol. The van der Waals surface area contributed by atoms with Gasteiger partial charge in [0.15, 0.2) is 0 Å². The summed E-state index contributed by atoms with van der Waals surface area (Å²) in [5, 5.41) is 3.31. The van der Waals surface area contributed by atoms with E-state index < -0.39 is 0 Å². The van der Waals surface area contributed by atoms with E-state index in [9.17, 15) is 9.59 Å². The highest BCUT2D eigenvalue weighted by Crippen LogP contribution is 2.63. The number of Topliss-reactive ketones (excluding diaryl/α,β-unsaturated/α-hetero) is 1. The van der Waals surface area contributed by atoms with Crippen LogP contribution in [0, 0.1) is 28.6 Å². The summed E-state index contributed by atoms with van der Waals surface area (Å²) in [4.78, 5) is 24.5. The second-order valence-corrected chi connectivity index (χ2v) is 10.1. The Kier molecular flexibility index (Phi) is 3.45. The third-order valence-electron chi connectivity index (χ3n) is 7.80. The Bertz CT molecular complexity index is 535. The van der Waals surface area contributed by atoms with E-state index in [1.807, 2.05) is 0 Å². The Morgan fingerprint density at radius 1 is 1.09 bits per heavy atom. The number of alkyl halides is 1. The van der Waals surface area contributed by atoms with E-state index in [1.165, 1.54) is 12.8 Å². The predicted octanol–water partition coefficient (Wildman–Crippen LogP) is 3.49. The van der Waals surface area contributed by atoms with Crippen LogP contribution in [0.3, 0.4) is 0 Å². The summed E-state index contributed by atoms with van der Waals surface area (Å²) in [5.41, 5.74) is 0.196. The largest absolute Gasteiger partial charge is 0.352 e. The summed E-state index contributed by atoms with van der Waals surface area (Å²) in [6.45, 7) is 4.65. The van der Waals surface area contributed by atoms with E-state index in [0.29, 0.717) is 29.6 Å². The summed E-state index contributed by atoms with van der Waals surface area (Å²) in [7, 11) is 0. The Hall–Kier alpha value is -0.130. The number of rotatable bonds is 0. The van der Waals surface area contributed by atoms with E-state index >= 15 is 0 Å². The molecule has 4 heteroatoms. The van der Waals surface area contributed by atoms with Crippen LogP contribution < -0.4 is 5.32 Å². The average Bonchev–Trinajstić information content (AvgIpc) is 2.77. The van der Waals surface area contributed by atoms with Crippen molar-refractivity contribution in [2.45, 2.75) is 68.8 Å². The van der Waals surface area contributed by atoms with Crippen molar-refractivity contribution in [2.24, 2.45) is 28.6 Å². The summed E-state index contributed by atoms with van der Waals surface area (Å²) in [6, 6.07) is 0.355. The zero-order valence-electron chi connectivity index (χ0n) is 13.5. The number of carbonyl (C=O) groups excluding carboxylic acids is 2. The number of carbonyl (C=O) groups is 2. The van der Waals surface area contributed by atoms with Crippen molar-refractivity contribution in [3.63, 3.8) is 0 Å². The van der Waals surface area contributed by atoms with Gasteiger partial charge in [0.2, 0.25) is 5.91 Å². The molecule has 4 rings (SSSR count). The molecule has 1 heterocycles. The van der Waals surface area contributed by atoms with Gasteiger partial charge in [-0.15, -0.1) is 0 Å². The molecule has 0 aromatic heterocycles. The maximum Gasteiger partial charge on any atom is 0.233 e. The molecule has 22 heavy (non-hydrogen) atoms. The number of fused-ring (bicyclic) bond motifs is 5. The Labute approximate surface area is 146 Å². The fraction of sp³-hybridized carbons (Fsp3) is 0.889. The first-order chi connectivity index (χ1) is 10.4. The Morgan fingerprint density at radius 2 is 1.86 bits per heavy atom. The van der Waals surface area contributed by atoms with Gasteiger partial charge in [-0.25, -0.2) is 0 Å². The van der Waals surface area contributed by atoms with Crippen LogP contribution in [0.2, 0.25) is 0 Å². The van der Waals surface area contributed by atoms with Crippen LogP contribution >= 0.6 is 22.6 Å². The molecule has 4 aliphatic rings. The predicted molar refractivity (Wildman–Crippen MR) is 93.7 cm³/mol. The molecule has 3 saturated carbocycles. The molecule has 122 valence electrons. The summed E-state index contributed by atoms with van der Waals surface area (Å²) in [6.07, 6.45) is 7.48. The zero-order valence-corrected chi connectivity index (χ0v) is 15.7. The third kappa shape index (κ3) is 1.91. The minimum atomic E-state index is -0.0357. The van der Waals surface area contributed by atoms with Gasteiger partial charge in [-0.1, -0.05) is 36.4 Å². The van der Waals surface area contributed by atoms with Crippen molar-refractivity contribution in [2.75, 3.05) is 0 Å². The lowest BCUT2D eigenvalue weighted by molar-refractivity contribution is -0.140. The fourth-order valence-corrected chi connectivity index (χ4v) is 7.63. The molecule has 1 aliphatic heterocycles. The molecule has 3 aliphatic carbocycles. The molecule has 3 nitrogen and oxygen atoms in total. The van der Waals surface area contributed by atoms with Crippen LogP contribution in [0.1, 0.15) is 58.8 Å². The van der Waals surface area contributed by atoms with E-state index in [2.05, 4.69) is 41.8 Å². The van der Waals surface area contributed by atoms with Gasteiger partial charge in [0.1, 0.15) is 5.78 Å². The number of ketones is 1. The van der Waals surface area contributed by atoms with Gasteiger partial charge >= 0.3 is 0 Å². The first-order valence-corrected chi connectivity index (χ1v) is 10.1. The quantitative estimate of drug-likeness (QED) is 0.487. The van der Waals surface area contributed by atoms with Crippen LogP contribution in [0.5, 0.6) is 0 Å². The molecule has 0 aromatic carbocycles. The van der Waals surface area contributed by atoms with E-state index in [0.717, 1.165) is 32.1 Å². The average molecular weight is 415 g/mol. The minimum absolute atomic E-state index is 0.0357. The molecule has 0 bridgehead atoms. The van der Waals surface area contributed by atoms with Gasteiger partial charge < -0.3 is 5.32 Å². The monoisotopic (exact) mass is 415 g/mol. The second kappa shape index (κ2) is 4.93. The Balaban J connectivity index is 1.66. The van der Waals surface area contributed by atoms with Crippen molar-refractivity contribution in [1.29, 1.82) is 0 Å². The fourth-order valence-electron chi connectivity index (χ4n) is 6.50. The highest BCUT2D eigenvalue weighted by Gasteiger charge is 2.61. The van der Waals surface area contributed by atoms with Gasteiger partial charge in [0, 0.05) is 17.9 Å². The molecule has 0 aromatic rings. The lowest BCUT2D eigenvalue weighted by Crippen LogP contribution is -2.63. The number of hydrogen-bond donors (Lipinski definition) is 1. The van der Waals surface area contributed by atoms with Crippen LogP contribution in [0.4, 0.5) is 0 Å². The van der Waals surface area contributed by atoms with Crippen LogP contribution in [-0.4, -0.2) is 21.7 Å². The lowest BCUT2D eigenvalue weighted by Gasteiger charge is -2.59. The second-order valence-electron chi connectivity index (χ2n) is 8.61. The maximum absolute atomic E-state index is 12.4. The number of piperidine rings is 1. The molecule has 0 radical (unpaired) electrons. The molecule has 4 fully saturated rings. The number of halogens is 1. The molecule has 1 amide bonds. The van der Waals surface area contributed by atoms with Gasteiger partial charge in [-0.3, -0.25) is 9.59 Å². The van der Waals surface area contributed by atoms with Crippen molar-refractivity contribution in [1.82, 2.24) is 5.32 Å². The SMILES string of the molecule is C[C@]12CC(I)C(=O)NC1CC[C@@H]1[C@H]2CC[C@]2(C)C(=O)CC[C@@H]12. The molecule has 1 N–H and O–H groups in total. The first kappa shape index (κ1) is 15.4. The normalized spacial score (nSPS) is 54.2. The first-order valence-electron chi connectivity index (χ1n) is 8.84. The van der Waals surface area contributed by atoms with Gasteiger partial charge in [-0.2, -0.15) is 0 Å². The molecule has 1 saturated heterocycles. The molecule has 2 unspecified atom stereocenters. The third-order valence-corrected chi connectivity index (χ3v) is 8.80. The lowest BCUT2D eigenvalue weighted by atomic mass is 9.47. The van der Waals surface area contributed by atoms with E-state index in [1.54, 1.807) is 0 Å². The van der Waals surface area contributed by atoms with Crippen molar-refractivity contribution < 1.29 is 9.59 Å². The highest BCUT2D eigenvalue weighted by atomic mass is 127. The van der Waals surface area contributed by atoms with Crippen molar-refractivity contribution >= 4 is 34.3 Å². The van der Waals surface area contributed by atoms with E-state index in [4.69, 9.17) is 0 Å². The van der Waals surface area contributed by atoms with Crippen LogP contribution in [-0.2, 0) is 9.59 Å². The van der Waals surface area contributed by atoms with Crippen LogP contribution in [0.15, 0.2) is 0 Å². The van der Waals surface area contributed by atoms with Crippen molar-refractivity contribution in [3.8, 4) is 0 Å². The smallest absolute Gasteiger partial charge is 0.233 e. The maximum atomic E-state index is 12.4. The van der Waals surface area contributed by atoms with Gasteiger partial charge in [0.25, 0.3) is 0 Å². The summed E-state index contributed by atoms with van der Waals surface area (Å²) >= 11 is 2.32. The molecular formula is C18H26INO2. The van der Waals surface area contributed by atoms with Crippen LogP contribution in [0.25, 0.3) is 0 Å². The topological polar surface area (TPSA) is 46.2 Å². The highest BCUT2D eigenvalue weighted by molar-refractivity contribution is 14.1. The summed E-state index contributed by atoms with van der Waals surface area (Å²) < 4.78 is 0.108. The summed E-state index contributed by atoms with van der Waals surface area (Å²) in [5.74, 6) is 2.74. The number of nitrogens with one attached hydrogen (secondary N) is 1.